The number of benzene rings is 2. The predicted molar refractivity (Wildman–Crippen MR) is 64.8 cm³/mol. The fraction of sp³-hybridized carbons (Fsp3) is 0.267. The van der Waals surface area contributed by atoms with Crippen molar-refractivity contribution in [1.82, 2.24) is 0 Å². The van der Waals surface area contributed by atoms with Crippen LogP contribution in [0.1, 0.15) is 25.0 Å². The van der Waals surface area contributed by atoms with Gasteiger partial charge in [0.2, 0.25) is 0 Å². The molecule has 0 heterocycles. The summed E-state index contributed by atoms with van der Waals surface area (Å²) in [6, 6.07) is 13.2. The Hall–Kier alpha value is -1.30. The van der Waals surface area contributed by atoms with Crippen molar-refractivity contribution in [3.63, 3.8) is 0 Å². The van der Waals surface area contributed by atoms with Crippen LogP contribution >= 0.6 is 0 Å². The zero-order valence-corrected chi connectivity index (χ0v) is 9.25. The van der Waals surface area contributed by atoms with Crippen molar-refractivity contribution in [2.75, 3.05) is 0 Å². The highest BCUT2D eigenvalue weighted by molar-refractivity contribution is 5.91. The van der Waals surface area contributed by atoms with Gasteiger partial charge in [0.25, 0.3) is 0 Å². The Morgan fingerprint density at radius 1 is 1.00 bits per heavy atom. The average molecular weight is 195 g/mol. The van der Waals surface area contributed by atoms with Crippen molar-refractivity contribution in [2.45, 2.75) is 20.3 Å². The highest BCUT2D eigenvalue weighted by Crippen LogP contribution is 2.39. The van der Waals surface area contributed by atoms with Crippen LogP contribution in [0, 0.1) is 11.8 Å². The molecule has 0 aromatic heterocycles. The first-order valence-corrected chi connectivity index (χ1v) is 5.52. The van der Waals surface area contributed by atoms with Gasteiger partial charge in [-0.3, -0.25) is 0 Å². The molecule has 0 saturated heterocycles. The summed E-state index contributed by atoms with van der Waals surface area (Å²) in [6.07, 6.45) is 3.56. The highest BCUT2D eigenvalue weighted by Gasteiger charge is 2.26. The third-order valence-electron chi connectivity index (χ3n) is 3.22. The van der Waals surface area contributed by atoms with Crippen molar-refractivity contribution in [1.29, 1.82) is 0 Å². The first-order chi connectivity index (χ1) is 7.16. The van der Waals surface area contributed by atoms with Crippen LogP contribution in [0.5, 0.6) is 0 Å². The summed E-state index contributed by atoms with van der Waals surface area (Å²) in [5, 5.41) is 2.83. The van der Waals surface area contributed by atoms with Crippen molar-refractivity contribution in [3.8, 4) is 0 Å². The van der Waals surface area contributed by atoms with E-state index >= 15 is 0 Å². The maximum atomic E-state index is 2.41. The average Bonchev–Trinajstić information content (AvgIpc) is 2.16. The molecular weight excluding hydrogens is 180 g/mol. The fourth-order valence-electron chi connectivity index (χ4n) is 2.68. The van der Waals surface area contributed by atoms with E-state index in [1.165, 1.54) is 21.9 Å². The SMILES string of the molecule is CC1(C)[CH]c2cccc3cccc(c23)C1. The van der Waals surface area contributed by atoms with Crippen LogP contribution in [0.4, 0.5) is 0 Å². The van der Waals surface area contributed by atoms with Crippen LogP contribution in [-0.4, -0.2) is 0 Å². The Kier molecular flexibility index (Phi) is 1.70. The van der Waals surface area contributed by atoms with E-state index in [4.69, 9.17) is 0 Å². The summed E-state index contributed by atoms with van der Waals surface area (Å²) in [4.78, 5) is 0. The van der Waals surface area contributed by atoms with E-state index < -0.39 is 0 Å². The second-order valence-electron chi connectivity index (χ2n) is 5.17. The van der Waals surface area contributed by atoms with Crippen LogP contribution in [0.25, 0.3) is 10.8 Å². The second kappa shape index (κ2) is 2.85. The molecule has 1 aliphatic rings. The lowest BCUT2D eigenvalue weighted by Gasteiger charge is -2.31. The Labute approximate surface area is 90.9 Å². The molecule has 1 aliphatic carbocycles. The zero-order chi connectivity index (χ0) is 10.5. The molecule has 0 heteroatoms. The van der Waals surface area contributed by atoms with E-state index in [2.05, 4.69) is 56.7 Å². The molecule has 3 rings (SSSR count). The van der Waals surface area contributed by atoms with Crippen LogP contribution in [0.2, 0.25) is 0 Å². The summed E-state index contributed by atoms with van der Waals surface area (Å²) in [5.74, 6) is 0. The molecule has 2 aromatic carbocycles. The molecule has 0 bridgehead atoms. The van der Waals surface area contributed by atoms with Crippen molar-refractivity contribution < 1.29 is 0 Å². The molecule has 0 fully saturated rings. The fourth-order valence-corrected chi connectivity index (χ4v) is 2.68. The Morgan fingerprint density at radius 3 is 2.53 bits per heavy atom. The van der Waals surface area contributed by atoms with Crippen LogP contribution in [-0.2, 0) is 6.42 Å². The summed E-state index contributed by atoms with van der Waals surface area (Å²) >= 11 is 0. The van der Waals surface area contributed by atoms with Crippen molar-refractivity contribution >= 4 is 10.8 Å². The van der Waals surface area contributed by atoms with E-state index in [0.29, 0.717) is 5.41 Å². The molecule has 0 spiro atoms. The Bertz CT molecular complexity index is 478. The molecule has 0 nitrogen and oxygen atoms in total. The monoisotopic (exact) mass is 195 g/mol. The highest BCUT2D eigenvalue weighted by atomic mass is 14.3. The Morgan fingerprint density at radius 2 is 1.73 bits per heavy atom. The Balaban J connectivity index is 2.36. The normalized spacial score (nSPS) is 18.0. The topological polar surface area (TPSA) is 0 Å². The molecule has 75 valence electrons. The van der Waals surface area contributed by atoms with Gasteiger partial charge < -0.3 is 0 Å². The van der Waals surface area contributed by atoms with Crippen LogP contribution < -0.4 is 0 Å². The van der Waals surface area contributed by atoms with Gasteiger partial charge in [-0.05, 0) is 40.2 Å². The summed E-state index contributed by atoms with van der Waals surface area (Å²) in [5.41, 5.74) is 3.19. The minimum Gasteiger partial charge on any atom is -0.0614 e. The van der Waals surface area contributed by atoms with E-state index in [1.54, 1.807) is 0 Å². The molecular formula is C15H15. The van der Waals surface area contributed by atoms with Gasteiger partial charge in [0.1, 0.15) is 0 Å². The maximum absolute atomic E-state index is 2.41. The van der Waals surface area contributed by atoms with Crippen molar-refractivity contribution in [3.05, 3.63) is 53.9 Å². The van der Waals surface area contributed by atoms with Gasteiger partial charge in [-0.1, -0.05) is 50.2 Å². The molecule has 0 amide bonds. The number of rotatable bonds is 0. The van der Waals surface area contributed by atoms with E-state index in [1.807, 2.05) is 0 Å². The first-order valence-electron chi connectivity index (χ1n) is 5.52. The predicted octanol–water partition coefficient (Wildman–Crippen LogP) is 3.97. The van der Waals surface area contributed by atoms with Gasteiger partial charge in [-0.2, -0.15) is 0 Å². The lowest BCUT2D eigenvalue weighted by molar-refractivity contribution is 0.440. The third kappa shape index (κ3) is 1.36. The van der Waals surface area contributed by atoms with E-state index in [9.17, 15) is 0 Å². The van der Waals surface area contributed by atoms with Crippen LogP contribution in [0.15, 0.2) is 36.4 Å². The third-order valence-corrected chi connectivity index (χ3v) is 3.22. The summed E-state index contributed by atoms with van der Waals surface area (Å²) in [6.45, 7) is 4.61. The van der Waals surface area contributed by atoms with Crippen LogP contribution in [0.3, 0.4) is 0 Å². The smallest absolute Gasteiger partial charge is 0.00269 e. The quantitative estimate of drug-likeness (QED) is 0.596. The molecule has 2 aromatic rings. The van der Waals surface area contributed by atoms with Gasteiger partial charge >= 0.3 is 0 Å². The summed E-state index contributed by atoms with van der Waals surface area (Å²) in [7, 11) is 0. The summed E-state index contributed by atoms with van der Waals surface area (Å²) < 4.78 is 0. The minimum absolute atomic E-state index is 0.294. The molecule has 0 atom stereocenters. The zero-order valence-electron chi connectivity index (χ0n) is 9.25. The maximum Gasteiger partial charge on any atom is -0.00269 e. The lowest BCUT2D eigenvalue weighted by atomic mass is 9.73. The molecule has 0 N–H and O–H groups in total. The number of hydrogen-bond donors (Lipinski definition) is 0. The number of hydrogen-bond acceptors (Lipinski definition) is 0. The second-order valence-corrected chi connectivity index (χ2v) is 5.17. The van der Waals surface area contributed by atoms with Gasteiger partial charge in [0.15, 0.2) is 0 Å². The molecule has 1 radical (unpaired) electrons. The largest absolute Gasteiger partial charge is 0.0614 e. The minimum atomic E-state index is 0.294. The molecule has 0 unspecified atom stereocenters. The molecule has 15 heavy (non-hydrogen) atoms. The lowest BCUT2D eigenvalue weighted by Crippen LogP contribution is -2.20. The van der Waals surface area contributed by atoms with Gasteiger partial charge in [0.05, 0.1) is 0 Å². The van der Waals surface area contributed by atoms with Gasteiger partial charge in [-0.15, -0.1) is 0 Å². The van der Waals surface area contributed by atoms with Gasteiger partial charge in [0, 0.05) is 0 Å². The standard InChI is InChI=1S/C15H15/c1-15(2)9-12-7-3-5-11-6-4-8-13(10-15)14(11)12/h3-9H,10H2,1-2H3. The first kappa shape index (κ1) is 8.96. The molecule has 0 saturated carbocycles. The molecule has 0 aliphatic heterocycles. The van der Waals surface area contributed by atoms with Gasteiger partial charge in [-0.25, -0.2) is 0 Å². The van der Waals surface area contributed by atoms with E-state index in [0.717, 1.165) is 6.42 Å². The van der Waals surface area contributed by atoms with Crippen molar-refractivity contribution in [2.24, 2.45) is 5.41 Å². The van der Waals surface area contributed by atoms with E-state index in [-0.39, 0.29) is 0 Å².